The number of hydrogen-bond donors (Lipinski definition) is 1. The number of likely N-dealkylation sites (N-methyl/N-ethyl adjacent to an activating group) is 1. The van der Waals surface area contributed by atoms with Crippen LogP contribution in [0.1, 0.15) is 30.9 Å². The molecule has 1 N–H and O–H groups in total. The lowest BCUT2D eigenvalue weighted by Crippen LogP contribution is -2.38. The average Bonchev–Trinajstić information content (AvgIpc) is 2.38. The maximum Gasteiger partial charge on any atom is 0.0472 e. The SMILES string of the molecule is CNCC(c1ccccc1)N1CCCCC1. The molecular weight excluding hydrogens is 196 g/mol. The van der Waals surface area contributed by atoms with Gasteiger partial charge in [0.1, 0.15) is 0 Å². The largest absolute Gasteiger partial charge is 0.318 e. The van der Waals surface area contributed by atoms with Crippen molar-refractivity contribution in [3.63, 3.8) is 0 Å². The van der Waals surface area contributed by atoms with Crippen molar-refractivity contribution in [2.75, 3.05) is 26.7 Å². The van der Waals surface area contributed by atoms with E-state index < -0.39 is 0 Å². The standard InChI is InChI=1S/C14H22N2/c1-15-12-14(13-8-4-2-5-9-13)16-10-6-3-7-11-16/h2,4-5,8-9,14-15H,3,6-7,10-12H2,1H3. The van der Waals surface area contributed by atoms with E-state index in [1.807, 2.05) is 7.05 Å². The molecule has 1 heterocycles. The molecule has 1 aromatic rings. The highest BCUT2D eigenvalue weighted by molar-refractivity contribution is 5.19. The van der Waals surface area contributed by atoms with Crippen LogP contribution in [0.25, 0.3) is 0 Å². The summed E-state index contributed by atoms with van der Waals surface area (Å²) in [5, 5.41) is 3.32. The van der Waals surface area contributed by atoms with Crippen molar-refractivity contribution >= 4 is 0 Å². The van der Waals surface area contributed by atoms with Gasteiger partial charge in [0.05, 0.1) is 0 Å². The third-order valence-corrected chi connectivity index (χ3v) is 3.41. The minimum atomic E-state index is 0.548. The molecule has 0 spiro atoms. The normalized spacial score (nSPS) is 19.6. The second-order valence-electron chi connectivity index (χ2n) is 4.58. The summed E-state index contributed by atoms with van der Waals surface area (Å²) in [5.41, 5.74) is 1.44. The zero-order valence-corrected chi connectivity index (χ0v) is 10.2. The van der Waals surface area contributed by atoms with Crippen molar-refractivity contribution in [1.82, 2.24) is 10.2 Å². The zero-order valence-electron chi connectivity index (χ0n) is 10.2. The van der Waals surface area contributed by atoms with E-state index >= 15 is 0 Å². The lowest BCUT2D eigenvalue weighted by Gasteiger charge is -2.34. The Labute approximate surface area is 98.7 Å². The van der Waals surface area contributed by atoms with E-state index in [1.54, 1.807) is 0 Å². The fourth-order valence-electron chi connectivity index (χ4n) is 2.56. The summed E-state index contributed by atoms with van der Waals surface area (Å²) in [6.07, 6.45) is 4.11. The Hall–Kier alpha value is -0.860. The number of benzene rings is 1. The van der Waals surface area contributed by atoms with Crippen LogP contribution < -0.4 is 5.32 Å². The van der Waals surface area contributed by atoms with Gasteiger partial charge in [-0.3, -0.25) is 4.90 Å². The van der Waals surface area contributed by atoms with Gasteiger partial charge >= 0.3 is 0 Å². The quantitative estimate of drug-likeness (QED) is 0.835. The first-order chi connectivity index (χ1) is 7.92. The highest BCUT2D eigenvalue weighted by atomic mass is 15.2. The van der Waals surface area contributed by atoms with E-state index in [9.17, 15) is 0 Å². The predicted octanol–water partition coefficient (Wildman–Crippen LogP) is 2.43. The first-order valence-electron chi connectivity index (χ1n) is 6.35. The molecule has 0 bridgehead atoms. The molecule has 0 radical (unpaired) electrons. The molecule has 2 nitrogen and oxygen atoms in total. The van der Waals surface area contributed by atoms with Crippen molar-refractivity contribution in [2.45, 2.75) is 25.3 Å². The van der Waals surface area contributed by atoms with Gasteiger partial charge < -0.3 is 5.32 Å². The maximum absolute atomic E-state index is 3.32. The topological polar surface area (TPSA) is 15.3 Å². The monoisotopic (exact) mass is 218 g/mol. The summed E-state index contributed by atoms with van der Waals surface area (Å²) in [6, 6.07) is 11.4. The van der Waals surface area contributed by atoms with Crippen molar-refractivity contribution < 1.29 is 0 Å². The molecule has 2 heteroatoms. The lowest BCUT2D eigenvalue weighted by molar-refractivity contribution is 0.162. The summed E-state index contributed by atoms with van der Waals surface area (Å²) >= 11 is 0. The van der Waals surface area contributed by atoms with Gasteiger partial charge in [0.2, 0.25) is 0 Å². The van der Waals surface area contributed by atoms with Crippen LogP contribution in [0.3, 0.4) is 0 Å². The summed E-state index contributed by atoms with van der Waals surface area (Å²) in [6.45, 7) is 3.55. The molecule has 1 aliphatic rings. The van der Waals surface area contributed by atoms with Gasteiger partial charge in [-0.15, -0.1) is 0 Å². The number of likely N-dealkylation sites (tertiary alicyclic amines) is 1. The molecular formula is C14H22N2. The zero-order chi connectivity index (χ0) is 11.2. The van der Waals surface area contributed by atoms with Gasteiger partial charge in [-0.05, 0) is 38.5 Å². The van der Waals surface area contributed by atoms with Crippen LogP contribution in [0, 0.1) is 0 Å². The number of rotatable bonds is 4. The molecule has 1 atom stereocenters. The molecule has 88 valence electrons. The Balaban J connectivity index is 2.09. The number of nitrogens with zero attached hydrogens (tertiary/aromatic N) is 1. The molecule has 1 fully saturated rings. The van der Waals surface area contributed by atoms with Crippen molar-refractivity contribution in [1.29, 1.82) is 0 Å². The second-order valence-corrected chi connectivity index (χ2v) is 4.58. The Kier molecular flexibility index (Phi) is 4.37. The highest BCUT2D eigenvalue weighted by Crippen LogP contribution is 2.23. The molecule has 16 heavy (non-hydrogen) atoms. The minimum Gasteiger partial charge on any atom is -0.318 e. The van der Waals surface area contributed by atoms with Crippen LogP contribution in [0.5, 0.6) is 0 Å². The van der Waals surface area contributed by atoms with Gasteiger partial charge in [-0.2, -0.15) is 0 Å². The van der Waals surface area contributed by atoms with E-state index in [4.69, 9.17) is 0 Å². The molecule has 0 amide bonds. The van der Waals surface area contributed by atoms with E-state index in [2.05, 4.69) is 40.5 Å². The molecule has 0 aromatic heterocycles. The number of hydrogen-bond acceptors (Lipinski definition) is 2. The van der Waals surface area contributed by atoms with Gasteiger partial charge in [0.25, 0.3) is 0 Å². The smallest absolute Gasteiger partial charge is 0.0472 e. The highest BCUT2D eigenvalue weighted by Gasteiger charge is 2.20. The van der Waals surface area contributed by atoms with Gasteiger partial charge in [0.15, 0.2) is 0 Å². The lowest BCUT2D eigenvalue weighted by atomic mass is 10.0. The Morgan fingerprint density at radius 2 is 1.81 bits per heavy atom. The number of nitrogens with one attached hydrogen (secondary N) is 1. The fourth-order valence-corrected chi connectivity index (χ4v) is 2.56. The molecule has 1 aromatic carbocycles. The van der Waals surface area contributed by atoms with Crippen LogP contribution in [0.4, 0.5) is 0 Å². The van der Waals surface area contributed by atoms with Gasteiger partial charge in [-0.1, -0.05) is 36.8 Å². The van der Waals surface area contributed by atoms with Crippen LogP contribution in [-0.4, -0.2) is 31.6 Å². The van der Waals surface area contributed by atoms with Gasteiger partial charge in [0, 0.05) is 12.6 Å². The van der Waals surface area contributed by atoms with Crippen molar-refractivity contribution in [3.05, 3.63) is 35.9 Å². The Bertz CT molecular complexity index is 291. The van der Waals surface area contributed by atoms with Crippen LogP contribution in [-0.2, 0) is 0 Å². The van der Waals surface area contributed by atoms with Crippen molar-refractivity contribution in [2.24, 2.45) is 0 Å². The third-order valence-electron chi connectivity index (χ3n) is 3.41. The predicted molar refractivity (Wildman–Crippen MR) is 68.5 cm³/mol. The molecule has 1 aliphatic heterocycles. The first kappa shape index (κ1) is 11.6. The van der Waals surface area contributed by atoms with Crippen LogP contribution in [0.15, 0.2) is 30.3 Å². The van der Waals surface area contributed by atoms with E-state index in [1.165, 1.54) is 37.9 Å². The van der Waals surface area contributed by atoms with Crippen LogP contribution in [0.2, 0.25) is 0 Å². The summed E-state index contributed by atoms with van der Waals surface area (Å²) < 4.78 is 0. The molecule has 1 unspecified atom stereocenters. The molecule has 2 rings (SSSR count). The minimum absolute atomic E-state index is 0.548. The summed E-state index contributed by atoms with van der Waals surface area (Å²) in [7, 11) is 2.04. The van der Waals surface area contributed by atoms with Crippen molar-refractivity contribution in [3.8, 4) is 0 Å². The number of piperidine rings is 1. The Morgan fingerprint density at radius 3 is 2.44 bits per heavy atom. The first-order valence-corrected chi connectivity index (χ1v) is 6.35. The van der Waals surface area contributed by atoms with E-state index in [-0.39, 0.29) is 0 Å². The maximum atomic E-state index is 3.32. The third kappa shape index (κ3) is 2.83. The van der Waals surface area contributed by atoms with E-state index in [0.717, 1.165) is 6.54 Å². The molecule has 1 saturated heterocycles. The van der Waals surface area contributed by atoms with Gasteiger partial charge in [-0.25, -0.2) is 0 Å². The summed E-state index contributed by atoms with van der Waals surface area (Å²) in [5.74, 6) is 0. The average molecular weight is 218 g/mol. The fraction of sp³-hybridized carbons (Fsp3) is 0.571. The Morgan fingerprint density at radius 1 is 1.12 bits per heavy atom. The molecule has 0 aliphatic carbocycles. The molecule has 0 saturated carbocycles. The summed E-state index contributed by atoms with van der Waals surface area (Å²) in [4.78, 5) is 2.62. The van der Waals surface area contributed by atoms with E-state index in [0.29, 0.717) is 6.04 Å². The van der Waals surface area contributed by atoms with Crippen LogP contribution >= 0.6 is 0 Å². The second kappa shape index (κ2) is 6.02.